The third-order valence-corrected chi connectivity index (χ3v) is 2.91. The minimum atomic E-state index is 0.486. The molecule has 0 radical (unpaired) electrons. The molecule has 1 aromatic carbocycles. The SMILES string of the molecule is ClCc1ccccc1Nc1ccc(Br)cn1. The molecule has 0 aliphatic carbocycles. The van der Waals surface area contributed by atoms with Gasteiger partial charge in [-0.15, -0.1) is 11.6 Å². The Morgan fingerprint density at radius 3 is 2.69 bits per heavy atom. The van der Waals surface area contributed by atoms with E-state index in [0.29, 0.717) is 5.88 Å². The molecule has 0 unspecified atom stereocenters. The van der Waals surface area contributed by atoms with Crippen LogP contribution in [0.5, 0.6) is 0 Å². The average molecular weight is 298 g/mol. The van der Waals surface area contributed by atoms with Gasteiger partial charge in [0.1, 0.15) is 5.82 Å². The highest BCUT2D eigenvalue weighted by Crippen LogP contribution is 2.21. The Balaban J connectivity index is 2.23. The van der Waals surface area contributed by atoms with Gasteiger partial charge in [-0.3, -0.25) is 0 Å². The Morgan fingerprint density at radius 1 is 1.19 bits per heavy atom. The van der Waals surface area contributed by atoms with Crippen LogP contribution in [0, 0.1) is 0 Å². The smallest absolute Gasteiger partial charge is 0.130 e. The molecule has 0 amide bonds. The Kier molecular flexibility index (Phi) is 3.80. The van der Waals surface area contributed by atoms with Crippen LogP contribution >= 0.6 is 27.5 Å². The molecule has 0 aliphatic rings. The molecule has 1 N–H and O–H groups in total. The summed E-state index contributed by atoms with van der Waals surface area (Å²) >= 11 is 9.20. The fourth-order valence-electron chi connectivity index (χ4n) is 1.35. The van der Waals surface area contributed by atoms with Crippen LogP contribution in [0.4, 0.5) is 11.5 Å². The molecule has 4 heteroatoms. The van der Waals surface area contributed by atoms with Gasteiger partial charge in [0.25, 0.3) is 0 Å². The Bertz CT molecular complexity index is 471. The van der Waals surface area contributed by atoms with Crippen molar-refractivity contribution in [2.75, 3.05) is 5.32 Å². The molecule has 2 aromatic rings. The van der Waals surface area contributed by atoms with Crippen LogP contribution in [0.3, 0.4) is 0 Å². The molecule has 0 fully saturated rings. The summed E-state index contributed by atoms with van der Waals surface area (Å²) in [5.41, 5.74) is 2.06. The zero-order valence-electron chi connectivity index (χ0n) is 8.45. The van der Waals surface area contributed by atoms with Crippen molar-refractivity contribution in [1.29, 1.82) is 0 Å². The maximum absolute atomic E-state index is 5.86. The molecule has 1 aromatic heterocycles. The molecule has 2 nitrogen and oxygen atoms in total. The number of anilines is 2. The van der Waals surface area contributed by atoms with Gasteiger partial charge in [-0.25, -0.2) is 4.98 Å². The lowest BCUT2D eigenvalue weighted by molar-refractivity contribution is 1.28. The van der Waals surface area contributed by atoms with Crippen molar-refractivity contribution in [3.63, 3.8) is 0 Å². The summed E-state index contributed by atoms with van der Waals surface area (Å²) in [5, 5.41) is 3.23. The third-order valence-electron chi connectivity index (χ3n) is 2.15. The standard InChI is InChI=1S/C12H10BrClN2/c13-10-5-6-12(15-8-10)16-11-4-2-1-3-9(11)7-14/h1-6,8H,7H2,(H,15,16). The third kappa shape index (κ3) is 2.74. The summed E-state index contributed by atoms with van der Waals surface area (Å²) in [6.45, 7) is 0. The van der Waals surface area contributed by atoms with Gasteiger partial charge in [-0.05, 0) is 39.7 Å². The normalized spacial score (nSPS) is 10.1. The van der Waals surface area contributed by atoms with Crippen molar-refractivity contribution < 1.29 is 0 Å². The summed E-state index contributed by atoms with van der Waals surface area (Å²) in [4.78, 5) is 4.25. The number of benzene rings is 1. The van der Waals surface area contributed by atoms with E-state index < -0.39 is 0 Å². The van der Waals surface area contributed by atoms with Gasteiger partial charge < -0.3 is 5.32 Å². The first-order valence-corrected chi connectivity index (χ1v) is 6.15. The summed E-state index contributed by atoms with van der Waals surface area (Å²) in [6, 6.07) is 11.8. The number of nitrogens with one attached hydrogen (secondary N) is 1. The van der Waals surface area contributed by atoms with Gasteiger partial charge in [0, 0.05) is 22.2 Å². The largest absolute Gasteiger partial charge is 0.340 e. The van der Waals surface area contributed by atoms with Gasteiger partial charge >= 0.3 is 0 Å². The second-order valence-electron chi connectivity index (χ2n) is 3.28. The summed E-state index contributed by atoms with van der Waals surface area (Å²) in [5.74, 6) is 1.29. The van der Waals surface area contributed by atoms with Gasteiger partial charge in [0.05, 0.1) is 0 Å². The Morgan fingerprint density at radius 2 is 2.00 bits per heavy atom. The van der Waals surface area contributed by atoms with Crippen molar-refractivity contribution in [2.45, 2.75) is 5.88 Å². The number of para-hydroxylation sites is 1. The van der Waals surface area contributed by atoms with Crippen LogP contribution in [-0.4, -0.2) is 4.98 Å². The van der Waals surface area contributed by atoms with E-state index in [4.69, 9.17) is 11.6 Å². The Hall–Kier alpha value is -1.06. The van der Waals surface area contributed by atoms with E-state index in [9.17, 15) is 0 Å². The van der Waals surface area contributed by atoms with E-state index in [-0.39, 0.29) is 0 Å². The lowest BCUT2D eigenvalue weighted by atomic mass is 10.2. The molecule has 0 bridgehead atoms. The van der Waals surface area contributed by atoms with Crippen molar-refractivity contribution in [3.8, 4) is 0 Å². The quantitative estimate of drug-likeness (QED) is 0.853. The number of aromatic nitrogens is 1. The first-order valence-electron chi connectivity index (χ1n) is 4.82. The van der Waals surface area contributed by atoms with E-state index in [1.165, 1.54) is 0 Å². The van der Waals surface area contributed by atoms with Crippen LogP contribution in [0.25, 0.3) is 0 Å². The van der Waals surface area contributed by atoms with Crippen molar-refractivity contribution in [1.82, 2.24) is 4.98 Å². The molecule has 2 rings (SSSR count). The van der Waals surface area contributed by atoms with Gasteiger partial charge in [0.15, 0.2) is 0 Å². The number of nitrogens with zero attached hydrogens (tertiary/aromatic N) is 1. The van der Waals surface area contributed by atoms with Crippen LogP contribution in [0.15, 0.2) is 47.1 Å². The zero-order chi connectivity index (χ0) is 11.4. The highest BCUT2D eigenvalue weighted by molar-refractivity contribution is 9.10. The molecule has 0 atom stereocenters. The van der Waals surface area contributed by atoms with E-state index in [0.717, 1.165) is 21.5 Å². The number of hydrogen-bond acceptors (Lipinski definition) is 2. The topological polar surface area (TPSA) is 24.9 Å². The Labute approximate surface area is 108 Å². The highest BCUT2D eigenvalue weighted by atomic mass is 79.9. The molecule has 0 spiro atoms. The lowest BCUT2D eigenvalue weighted by Crippen LogP contribution is -1.96. The first-order chi connectivity index (χ1) is 7.79. The minimum Gasteiger partial charge on any atom is -0.340 e. The second-order valence-corrected chi connectivity index (χ2v) is 4.46. The first kappa shape index (κ1) is 11.4. The van der Waals surface area contributed by atoms with Gasteiger partial charge in [-0.1, -0.05) is 18.2 Å². The summed E-state index contributed by atoms with van der Waals surface area (Å²) in [6.07, 6.45) is 1.76. The van der Waals surface area contributed by atoms with Crippen LogP contribution in [0.1, 0.15) is 5.56 Å². The fourth-order valence-corrected chi connectivity index (χ4v) is 1.81. The minimum absolute atomic E-state index is 0.486. The van der Waals surface area contributed by atoms with E-state index >= 15 is 0 Å². The molecular formula is C12H10BrClN2. The molecule has 0 aliphatic heterocycles. The van der Waals surface area contributed by atoms with E-state index in [2.05, 4.69) is 26.2 Å². The van der Waals surface area contributed by atoms with Crippen LogP contribution in [-0.2, 0) is 5.88 Å². The highest BCUT2D eigenvalue weighted by Gasteiger charge is 2.01. The molecule has 0 saturated carbocycles. The molecular weight excluding hydrogens is 288 g/mol. The molecule has 1 heterocycles. The number of pyridine rings is 1. The van der Waals surface area contributed by atoms with Crippen LogP contribution in [0.2, 0.25) is 0 Å². The number of rotatable bonds is 3. The fraction of sp³-hybridized carbons (Fsp3) is 0.0833. The zero-order valence-corrected chi connectivity index (χ0v) is 10.8. The average Bonchev–Trinajstić information content (AvgIpc) is 2.33. The predicted octanol–water partition coefficient (Wildman–Crippen LogP) is 4.33. The monoisotopic (exact) mass is 296 g/mol. The maximum atomic E-state index is 5.86. The summed E-state index contributed by atoms with van der Waals surface area (Å²) in [7, 11) is 0. The van der Waals surface area contributed by atoms with Crippen LogP contribution < -0.4 is 5.32 Å². The van der Waals surface area contributed by atoms with Crippen molar-refractivity contribution >= 4 is 39.0 Å². The number of alkyl halides is 1. The molecule has 16 heavy (non-hydrogen) atoms. The van der Waals surface area contributed by atoms with Crippen molar-refractivity contribution in [2.24, 2.45) is 0 Å². The summed E-state index contributed by atoms with van der Waals surface area (Å²) < 4.78 is 0.962. The van der Waals surface area contributed by atoms with E-state index in [1.807, 2.05) is 36.4 Å². The van der Waals surface area contributed by atoms with E-state index in [1.54, 1.807) is 6.20 Å². The molecule has 0 saturated heterocycles. The van der Waals surface area contributed by atoms with Gasteiger partial charge in [-0.2, -0.15) is 0 Å². The second kappa shape index (κ2) is 5.32. The van der Waals surface area contributed by atoms with Gasteiger partial charge in [0.2, 0.25) is 0 Å². The predicted molar refractivity (Wildman–Crippen MR) is 71.2 cm³/mol. The lowest BCUT2D eigenvalue weighted by Gasteiger charge is -2.09. The number of hydrogen-bond donors (Lipinski definition) is 1. The maximum Gasteiger partial charge on any atom is 0.130 e. The molecule has 82 valence electrons. The van der Waals surface area contributed by atoms with Crippen molar-refractivity contribution in [3.05, 3.63) is 52.6 Å². The number of halogens is 2.